The third kappa shape index (κ3) is 3.07. The van der Waals surface area contributed by atoms with E-state index in [-0.39, 0.29) is 5.41 Å². The van der Waals surface area contributed by atoms with Crippen LogP contribution in [0.5, 0.6) is 0 Å². The van der Waals surface area contributed by atoms with Gasteiger partial charge in [0.15, 0.2) is 0 Å². The lowest BCUT2D eigenvalue weighted by Crippen LogP contribution is -2.23. The third-order valence-corrected chi connectivity index (χ3v) is 6.63. The Morgan fingerprint density at radius 2 is 1.76 bits per heavy atom. The summed E-state index contributed by atoms with van der Waals surface area (Å²) in [5, 5.41) is 1.43. The molecule has 0 radical (unpaired) electrons. The van der Waals surface area contributed by atoms with Crippen LogP contribution in [-0.4, -0.2) is 8.07 Å². The molecule has 0 spiro atoms. The van der Waals surface area contributed by atoms with Crippen LogP contribution in [0, 0.1) is 5.41 Å². The van der Waals surface area contributed by atoms with Crippen molar-refractivity contribution in [3.8, 4) is 0 Å². The molecule has 0 saturated heterocycles. The molecule has 0 amide bonds. The number of hydrogen-bond acceptors (Lipinski definition) is 1. The molecule has 1 aliphatic carbocycles. The smallest absolute Gasteiger partial charge is 0.0487 e. The summed E-state index contributed by atoms with van der Waals surface area (Å²) in [6.07, 6.45) is 9.29. The molecular formula is C19H24SSi. The van der Waals surface area contributed by atoms with E-state index in [9.17, 15) is 0 Å². The first kappa shape index (κ1) is 14.8. The van der Waals surface area contributed by atoms with E-state index in [1.165, 1.54) is 26.6 Å². The lowest BCUT2D eigenvalue weighted by Gasteiger charge is -2.16. The average Bonchev–Trinajstić information content (AvgIpc) is 2.64. The van der Waals surface area contributed by atoms with Gasteiger partial charge in [0.1, 0.15) is 0 Å². The molecule has 0 N–H and O–H groups in total. The SMILES string of the molecule is CC1(C)C=Cc2sc3c(C[Si](C)(C)C)cccc3c2C=C1. The average molecular weight is 313 g/mol. The standard InChI is InChI=1S/C19H24SSi/c1-19(2)11-9-15-16-8-6-7-14(13-21(3,4)5)18(16)20-17(15)10-12-19/h6-12H,13H2,1-5H3. The topological polar surface area (TPSA) is 0 Å². The molecule has 2 heteroatoms. The Labute approximate surface area is 133 Å². The number of hydrogen-bond donors (Lipinski definition) is 0. The van der Waals surface area contributed by atoms with Crippen molar-refractivity contribution in [3.05, 3.63) is 46.4 Å². The highest BCUT2D eigenvalue weighted by Gasteiger charge is 2.20. The zero-order valence-corrected chi connectivity index (χ0v) is 15.5. The molecule has 0 unspecified atom stereocenters. The highest BCUT2D eigenvalue weighted by Crippen LogP contribution is 2.39. The van der Waals surface area contributed by atoms with Crippen LogP contribution in [0.1, 0.15) is 29.9 Å². The van der Waals surface area contributed by atoms with E-state index in [2.05, 4.69) is 76.0 Å². The molecule has 1 aromatic heterocycles. The largest absolute Gasteiger partial charge is 0.135 e. The molecule has 1 heterocycles. The minimum Gasteiger partial charge on any atom is -0.135 e. The van der Waals surface area contributed by atoms with E-state index in [1.54, 1.807) is 5.56 Å². The molecule has 0 nitrogen and oxygen atoms in total. The van der Waals surface area contributed by atoms with Gasteiger partial charge in [0.05, 0.1) is 0 Å². The summed E-state index contributed by atoms with van der Waals surface area (Å²) >= 11 is 1.97. The van der Waals surface area contributed by atoms with E-state index >= 15 is 0 Å². The highest BCUT2D eigenvalue weighted by atomic mass is 32.1. The van der Waals surface area contributed by atoms with E-state index < -0.39 is 8.07 Å². The number of benzene rings is 1. The number of allylic oxidation sites excluding steroid dienone is 2. The molecule has 0 aliphatic heterocycles. The summed E-state index contributed by atoms with van der Waals surface area (Å²) < 4.78 is 1.50. The van der Waals surface area contributed by atoms with Gasteiger partial charge in [-0.25, -0.2) is 0 Å². The van der Waals surface area contributed by atoms with Gasteiger partial charge in [0, 0.05) is 34.0 Å². The molecule has 3 rings (SSSR count). The van der Waals surface area contributed by atoms with Gasteiger partial charge in [-0.2, -0.15) is 0 Å². The summed E-state index contributed by atoms with van der Waals surface area (Å²) in [7, 11) is -1.09. The second-order valence-corrected chi connectivity index (χ2v) is 14.4. The normalized spacial score (nSPS) is 17.0. The quantitative estimate of drug-likeness (QED) is 0.564. The van der Waals surface area contributed by atoms with E-state index in [4.69, 9.17) is 0 Å². The predicted molar refractivity (Wildman–Crippen MR) is 101 cm³/mol. The predicted octanol–water partition coefficient (Wildman–Crippen LogP) is 6.39. The van der Waals surface area contributed by atoms with Crippen molar-refractivity contribution < 1.29 is 0 Å². The Bertz CT molecular complexity index is 739. The molecule has 0 saturated carbocycles. The Kier molecular flexibility index (Phi) is 3.50. The molecule has 0 bridgehead atoms. The second kappa shape index (κ2) is 4.96. The molecule has 21 heavy (non-hydrogen) atoms. The van der Waals surface area contributed by atoms with Gasteiger partial charge in [0.25, 0.3) is 0 Å². The lowest BCUT2D eigenvalue weighted by molar-refractivity contribution is 0.633. The van der Waals surface area contributed by atoms with Crippen molar-refractivity contribution in [2.24, 2.45) is 5.41 Å². The lowest BCUT2D eigenvalue weighted by atomic mass is 9.93. The second-order valence-electron chi connectivity index (χ2n) is 7.90. The summed E-state index contributed by atoms with van der Waals surface area (Å²) in [5.41, 5.74) is 3.11. The van der Waals surface area contributed by atoms with Crippen LogP contribution in [0.15, 0.2) is 30.4 Å². The minimum absolute atomic E-state index is 0.154. The summed E-state index contributed by atoms with van der Waals surface area (Å²) in [6.45, 7) is 11.9. The molecule has 0 fully saturated rings. The number of rotatable bonds is 2. The van der Waals surface area contributed by atoms with Gasteiger partial charge in [-0.1, -0.05) is 69.9 Å². The molecular weight excluding hydrogens is 288 g/mol. The van der Waals surface area contributed by atoms with Crippen molar-refractivity contribution in [3.63, 3.8) is 0 Å². The van der Waals surface area contributed by atoms with Gasteiger partial charge >= 0.3 is 0 Å². The Balaban J connectivity index is 2.17. The minimum atomic E-state index is -1.09. The van der Waals surface area contributed by atoms with Crippen molar-refractivity contribution in [2.45, 2.75) is 39.5 Å². The van der Waals surface area contributed by atoms with Gasteiger partial charge in [-0.05, 0) is 17.7 Å². The number of thiophene rings is 1. The van der Waals surface area contributed by atoms with Crippen LogP contribution in [0.4, 0.5) is 0 Å². The van der Waals surface area contributed by atoms with Crippen LogP contribution in [0.25, 0.3) is 22.2 Å². The summed E-state index contributed by atoms with van der Waals surface area (Å²) in [6, 6.07) is 8.11. The van der Waals surface area contributed by atoms with E-state index in [0.29, 0.717) is 0 Å². The summed E-state index contributed by atoms with van der Waals surface area (Å²) in [4.78, 5) is 1.41. The maximum Gasteiger partial charge on any atom is 0.0487 e. The first-order valence-corrected chi connectivity index (χ1v) is 12.2. The monoisotopic (exact) mass is 312 g/mol. The molecule has 1 aromatic carbocycles. The zero-order chi connectivity index (χ0) is 15.3. The molecule has 110 valence electrons. The maximum absolute atomic E-state index is 2.45. The van der Waals surface area contributed by atoms with Crippen molar-refractivity contribution in [1.29, 1.82) is 0 Å². The van der Waals surface area contributed by atoms with E-state index in [1.807, 2.05) is 11.3 Å². The highest BCUT2D eigenvalue weighted by molar-refractivity contribution is 7.20. The van der Waals surface area contributed by atoms with Crippen LogP contribution < -0.4 is 0 Å². The van der Waals surface area contributed by atoms with Crippen LogP contribution in [0.3, 0.4) is 0 Å². The molecule has 0 atom stereocenters. The molecule has 1 aliphatic rings. The Morgan fingerprint density at radius 1 is 1.05 bits per heavy atom. The van der Waals surface area contributed by atoms with Crippen molar-refractivity contribution >= 4 is 41.6 Å². The van der Waals surface area contributed by atoms with Crippen LogP contribution >= 0.6 is 11.3 Å². The number of fused-ring (bicyclic) bond motifs is 3. The first-order chi connectivity index (χ1) is 9.75. The summed E-state index contributed by atoms with van der Waals surface area (Å²) in [5.74, 6) is 0. The molecule has 2 aromatic rings. The Hall–Kier alpha value is -1.12. The third-order valence-electron chi connectivity index (χ3n) is 3.93. The van der Waals surface area contributed by atoms with Crippen LogP contribution in [-0.2, 0) is 6.04 Å². The van der Waals surface area contributed by atoms with Crippen molar-refractivity contribution in [2.75, 3.05) is 0 Å². The van der Waals surface area contributed by atoms with Gasteiger partial charge in [-0.3, -0.25) is 0 Å². The fraction of sp³-hybridized carbons (Fsp3) is 0.368. The van der Waals surface area contributed by atoms with Gasteiger partial charge in [0.2, 0.25) is 0 Å². The van der Waals surface area contributed by atoms with Crippen molar-refractivity contribution in [1.82, 2.24) is 0 Å². The first-order valence-electron chi connectivity index (χ1n) is 7.68. The van der Waals surface area contributed by atoms with E-state index in [0.717, 1.165) is 0 Å². The fourth-order valence-electron chi connectivity index (χ4n) is 2.87. The maximum atomic E-state index is 2.45. The zero-order valence-electron chi connectivity index (χ0n) is 13.7. The van der Waals surface area contributed by atoms with Gasteiger partial charge < -0.3 is 0 Å². The fourth-order valence-corrected chi connectivity index (χ4v) is 5.63. The van der Waals surface area contributed by atoms with Crippen LogP contribution in [0.2, 0.25) is 19.6 Å². The van der Waals surface area contributed by atoms with Gasteiger partial charge in [-0.15, -0.1) is 11.3 Å². The Morgan fingerprint density at radius 3 is 2.48 bits per heavy atom.